The first-order valence-corrected chi connectivity index (χ1v) is 14.6. The Balaban J connectivity index is 0.00000461. The maximum atomic E-state index is 13.6. The molecule has 2 aromatic carbocycles. The first-order chi connectivity index (χ1) is 21.1. The van der Waals surface area contributed by atoms with Crippen LogP contribution in [0, 0.1) is 0 Å². The van der Waals surface area contributed by atoms with Crippen LogP contribution < -0.4 is 54.9 Å². The van der Waals surface area contributed by atoms with Crippen molar-refractivity contribution in [2.24, 2.45) is 0 Å². The zero-order valence-corrected chi connectivity index (χ0v) is 27.5. The van der Waals surface area contributed by atoms with Gasteiger partial charge in [-0.25, -0.2) is 14.5 Å². The Morgan fingerprint density at radius 1 is 1.04 bits per heavy atom. The Bertz CT molecular complexity index is 1540. The number of amides is 6. The average Bonchev–Trinajstić information content (AvgIpc) is 3.42. The number of anilines is 1. The number of hydrogen-bond acceptors (Lipinski definition) is 10. The van der Waals surface area contributed by atoms with Crippen LogP contribution in [0.2, 0.25) is 0 Å². The van der Waals surface area contributed by atoms with Gasteiger partial charge in [-0.15, -0.1) is 11.8 Å². The fourth-order valence-electron chi connectivity index (χ4n) is 5.08. The van der Waals surface area contributed by atoms with E-state index in [2.05, 4.69) is 10.6 Å². The number of carbonyl (C=O) groups is 6. The van der Waals surface area contributed by atoms with Crippen molar-refractivity contribution in [1.29, 1.82) is 0 Å². The number of thioether (sulfide) groups is 1. The number of esters is 1. The molecule has 2 saturated heterocycles. The van der Waals surface area contributed by atoms with Crippen molar-refractivity contribution in [1.82, 2.24) is 20.4 Å². The standard InChI is InChI=1S/C29H29N5O9S.Na/c1-16(35)43-14-18-15-44-26-22(25(37)34(26)23(18)27(38)39)30-24(36)21(17-6-4-3-5-7-17)31-28(40)33-13-12-32(29(33)41)19-8-10-20(42-2)11-9-19;/h3-11,21-22,26H,12-15H2,1-2H3,(H,30,36)(H,31,40)(H,38,39);/q;+1/p-1/t21-,22?,26-;/m1./s1. The fourth-order valence-corrected chi connectivity index (χ4v) is 6.41. The van der Waals surface area contributed by atoms with Crippen LogP contribution in [0.25, 0.3) is 0 Å². The van der Waals surface area contributed by atoms with Gasteiger partial charge in [0.05, 0.1) is 25.3 Å². The smallest absolute Gasteiger partial charge is 0.543 e. The number of fused-ring (bicyclic) bond motifs is 1. The number of methoxy groups -OCH3 is 1. The summed E-state index contributed by atoms with van der Waals surface area (Å²) in [6.07, 6.45) is 0. The van der Waals surface area contributed by atoms with Crippen LogP contribution in [0.4, 0.5) is 15.3 Å². The Kier molecular flexibility index (Phi) is 10.8. The number of benzene rings is 2. The van der Waals surface area contributed by atoms with Crippen molar-refractivity contribution < 1.29 is 72.9 Å². The third kappa shape index (κ3) is 6.96. The zero-order chi connectivity index (χ0) is 31.5. The van der Waals surface area contributed by atoms with Crippen molar-refractivity contribution in [3.63, 3.8) is 0 Å². The number of imide groups is 1. The molecule has 2 aromatic rings. The number of carboxylic acids is 1. The molecule has 45 heavy (non-hydrogen) atoms. The number of carboxylic acid groups (broad SMARTS) is 1. The molecule has 3 aliphatic rings. The van der Waals surface area contributed by atoms with E-state index in [1.807, 2.05) is 0 Å². The summed E-state index contributed by atoms with van der Waals surface area (Å²) in [6, 6.07) is 11.3. The summed E-state index contributed by atoms with van der Waals surface area (Å²) in [4.78, 5) is 79.7. The summed E-state index contributed by atoms with van der Waals surface area (Å²) in [5, 5.41) is 16.4. The second kappa shape index (κ2) is 14.4. The van der Waals surface area contributed by atoms with Crippen LogP contribution >= 0.6 is 11.8 Å². The molecule has 14 nitrogen and oxygen atoms in total. The van der Waals surface area contributed by atoms with Gasteiger partial charge in [-0.05, 0) is 29.8 Å². The summed E-state index contributed by atoms with van der Waals surface area (Å²) < 4.78 is 10.1. The van der Waals surface area contributed by atoms with Crippen LogP contribution in [-0.4, -0.2) is 89.6 Å². The van der Waals surface area contributed by atoms with Crippen molar-refractivity contribution >= 4 is 53.3 Å². The molecule has 0 bridgehead atoms. The number of ether oxygens (including phenoxy) is 2. The van der Waals surface area contributed by atoms with E-state index in [9.17, 15) is 33.9 Å². The monoisotopic (exact) mass is 645 g/mol. The minimum Gasteiger partial charge on any atom is -0.543 e. The molecule has 16 heteroatoms. The van der Waals surface area contributed by atoms with Crippen LogP contribution in [-0.2, 0) is 23.9 Å². The third-order valence-electron chi connectivity index (χ3n) is 7.29. The van der Waals surface area contributed by atoms with E-state index in [0.29, 0.717) is 17.0 Å². The third-order valence-corrected chi connectivity index (χ3v) is 8.63. The number of urea groups is 2. The number of nitrogens with one attached hydrogen (secondary N) is 2. The van der Waals surface area contributed by atoms with Gasteiger partial charge in [0.15, 0.2) is 0 Å². The molecule has 3 atom stereocenters. The maximum absolute atomic E-state index is 13.6. The minimum atomic E-state index is -1.61. The molecular weight excluding hydrogens is 617 g/mol. The summed E-state index contributed by atoms with van der Waals surface area (Å²) in [5.41, 5.74) is 0.777. The topological polar surface area (TPSA) is 178 Å². The SMILES string of the molecule is COc1ccc(N2CCN(C(=O)N[C@@H](C(=O)NC3C(=O)N4C(C(=O)[O-])=C(COC(C)=O)CS[C@H]34)c3ccccc3)C2=O)cc1.[Na+]. The Hall–Kier alpha value is -4.05. The van der Waals surface area contributed by atoms with Crippen LogP contribution in [0.1, 0.15) is 18.5 Å². The van der Waals surface area contributed by atoms with E-state index in [1.165, 1.54) is 30.7 Å². The molecule has 230 valence electrons. The van der Waals surface area contributed by atoms with Crippen molar-refractivity contribution in [2.75, 3.05) is 37.5 Å². The van der Waals surface area contributed by atoms with E-state index in [1.54, 1.807) is 54.6 Å². The summed E-state index contributed by atoms with van der Waals surface area (Å²) in [6.45, 7) is 1.17. The van der Waals surface area contributed by atoms with Gasteiger partial charge >= 0.3 is 47.6 Å². The second-order valence-electron chi connectivity index (χ2n) is 9.99. The number of rotatable bonds is 9. The number of nitrogens with zero attached hydrogens (tertiary/aromatic N) is 3. The van der Waals surface area contributed by atoms with Gasteiger partial charge < -0.3 is 30.0 Å². The van der Waals surface area contributed by atoms with Crippen molar-refractivity contribution in [3.05, 3.63) is 71.4 Å². The minimum absolute atomic E-state index is 0. The van der Waals surface area contributed by atoms with Crippen molar-refractivity contribution in [2.45, 2.75) is 24.4 Å². The van der Waals surface area contributed by atoms with E-state index in [0.717, 1.165) is 9.80 Å². The van der Waals surface area contributed by atoms with E-state index in [-0.39, 0.29) is 60.6 Å². The first kappa shape index (κ1) is 33.8. The van der Waals surface area contributed by atoms with Gasteiger partial charge in [0, 0.05) is 30.5 Å². The summed E-state index contributed by atoms with van der Waals surface area (Å²) in [5.74, 6) is -2.91. The van der Waals surface area contributed by atoms with Gasteiger partial charge in [0.25, 0.3) is 5.91 Å². The fraction of sp³-hybridized carbons (Fsp3) is 0.310. The molecule has 0 spiro atoms. The normalized spacial score (nSPS) is 19.6. The number of carbonyl (C=O) groups excluding carboxylic acids is 6. The Morgan fingerprint density at radius 2 is 1.73 bits per heavy atom. The number of aliphatic carboxylic acids is 1. The Labute approximate surface area is 284 Å². The van der Waals surface area contributed by atoms with Crippen LogP contribution in [0.15, 0.2) is 65.9 Å². The average molecular weight is 646 g/mol. The van der Waals surface area contributed by atoms with E-state index >= 15 is 0 Å². The van der Waals surface area contributed by atoms with Gasteiger partial charge in [0.2, 0.25) is 5.91 Å². The maximum Gasteiger partial charge on any atom is 1.00 e. The summed E-state index contributed by atoms with van der Waals surface area (Å²) in [7, 11) is 1.53. The number of hydrogen-bond donors (Lipinski definition) is 2. The number of β-lactam (4-membered cyclic amide) rings is 1. The molecule has 3 aliphatic heterocycles. The molecular formula is C29H28N5NaO9S. The Morgan fingerprint density at radius 3 is 2.36 bits per heavy atom. The molecule has 1 unspecified atom stereocenters. The molecule has 5 rings (SSSR count). The predicted octanol–water partition coefficient (Wildman–Crippen LogP) is -2.64. The molecule has 2 fully saturated rings. The van der Waals surface area contributed by atoms with Gasteiger partial charge in [0.1, 0.15) is 29.8 Å². The molecule has 3 heterocycles. The zero-order valence-electron chi connectivity index (χ0n) is 24.7. The van der Waals surface area contributed by atoms with E-state index < -0.39 is 59.0 Å². The quantitative estimate of drug-likeness (QED) is 0.167. The van der Waals surface area contributed by atoms with Gasteiger partial charge in [-0.3, -0.25) is 24.2 Å². The van der Waals surface area contributed by atoms with E-state index in [4.69, 9.17) is 9.47 Å². The predicted molar refractivity (Wildman–Crippen MR) is 154 cm³/mol. The van der Waals surface area contributed by atoms with Crippen LogP contribution in [0.5, 0.6) is 5.75 Å². The molecule has 0 saturated carbocycles. The summed E-state index contributed by atoms with van der Waals surface area (Å²) >= 11 is 1.19. The molecule has 0 aromatic heterocycles. The molecule has 0 aliphatic carbocycles. The largest absolute Gasteiger partial charge is 1.00 e. The second-order valence-corrected chi connectivity index (χ2v) is 11.1. The molecule has 0 radical (unpaired) electrons. The first-order valence-electron chi connectivity index (χ1n) is 13.5. The van der Waals surface area contributed by atoms with Gasteiger partial charge in [-0.2, -0.15) is 0 Å². The molecule has 6 amide bonds. The van der Waals surface area contributed by atoms with Crippen molar-refractivity contribution in [3.8, 4) is 5.75 Å². The molecule has 2 N–H and O–H groups in total. The van der Waals surface area contributed by atoms with Gasteiger partial charge in [-0.1, -0.05) is 30.3 Å². The van der Waals surface area contributed by atoms with Crippen LogP contribution in [0.3, 0.4) is 0 Å².